The van der Waals surface area contributed by atoms with Crippen molar-refractivity contribution < 1.29 is 17.9 Å². The molecule has 1 fully saturated rings. The third kappa shape index (κ3) is 4.47. The zero-order valence-corrected chi connectivity index (χ0v) is 15.3. The maximum atomic E-state index is 12.4. The lowest BCUT2D eigenvalue weighted by Gasteiger charge is -2.22. The van der Waals surface area contributed by atoms with Gasteiger partial charge in [0.1, 0.15) is 0 Å². The van der Waals surface area contributed by atoms with E-state index in [9.17, 15) is 13.2 Å². The molecule has 24 heavy (non-hydrogen) atoms. The van der Waals surface area contributed by atoms with Crippen LogP contribution in [-0.4, -0.2) is 66.4 Å². The second kappa shape index (κ2) is 7.52. The number of anilines is 1. The molecule has 2 rings (SSSR count). The smallest absolute Gasteiger partial charge is 0.323 e. The number of hydrogen-bond acceptors (Lipinski definition) is 5. The molecule has 2 amide bonds. The Kier molecular flexibility index (Phi) is 5.87. The quantitative estimate of drug-likeness (QED) is 0.802. The minimum absolute atomic E-state index is 0.0150. The van der Waals surface area contributed by atoms with Gasteiger partial charge < -0.3 is 9.64 Å². The Morgan fingerprint density at radius 1 is 1.42 bits per heavy atom. The van der Waals surface area contributed by atoms with Crippen molar-refractivity contribution in [3.63, 3.8) is 0 Å². The fraction of sp³-hybridized carbons (Fsp3) is 0.733. The van der Waals surface area contributed by atoms with Gasteiger partial charge in [0.15, 0.2) is 15.7 Å². The summed E-state index contributed by atoms with van der Waals surface area (Å²) in [6.07, 6.45) is 3.06. The van der Waals surface area contributed by atoms with Crippen LogP contribution in [0, 0.1) is 0 Å². The van der Waals surface area contributed by atoms with Crippen LogP contribution in [0.2, 0.25) is 0 Å². The molecule has 1 aliphatic heterocycles. The Bertz CT molecular complexity index is 669. The van der Waals surface area contributed by atoms with Crippen LogP contribution in [0.3, 0.4) is 0 Å². The van der Waals surface area contributed by atoms with E-state index < -0.39 is 14.6 Å². The summed E-state index contributed by atoms with van der Waals surface area (Å²) in [6.45, 7) is 5.40. The lowest BCUT2D eigenvalue weighted by molar-refractivity contribution is 0.189. The van der Waals surface area contributed by atoms with E-state index in [1.54, 1.807) is 37.9 Å². The van der Waals surface area contributed by atoms with Gasteiger partial charge in [0.2, 0.25) is 0 Å². The van der Waals surface area contributed by atoms with E-state index in [2.05, 4.69) is 10.4 Å². The standard InChI is InChI=1S/C15H26N4O4S/c1-15(2)6-9-18(10-12-24(15,21)22)14(20)16-13-5-8-19(17-13)7-4-11-23-3/h5,8H,4,6-7,9-12H2,1-3H3,(H,16,17,20). The zero-order chi connectivity index (χ0) is 17.8. The van der Waals surface area contributed by atoms with E-state index in [0.29, 0.717) is 31.9 Å². The number of methoxy groups -OCH3 is 1. The monoisotopic (exact) mass is 358 g/mol. The summed E-state index contributed by atoms with van der Waals surface area (Å²) < 4.78 is 30.3. The third-order valence-corrected chi connectivity index (χ3v) is 6.96. The number of rotatable bonds is 5. The Balaban J connectivity index is 1.93. The first-order valence-electron chi connectivity index (χ1n) is 8.06. The normalized spacial score (nSPS) is 19.7. The second-order valence-electron chi connectivity index (χ2n) is 6.56. The molecule has 0 aromatic carbocycles. The first kappa shape index (κ1) is 18.7. The van der Waals surface area contributed by atoms with Crippen LogP contribution < -0.4 is 5.32 Å². The number of carbonyl (C=O) groups is 1. The third-order valence-electron chi connectivity index (χ3n) is 4.35. The molecule has 9 heteroatoms. The highest BCUT2D eigenvalue weighted by atomic mass is 32.2. The summed E-state index contributed by atoms with van der Waals surface area (Å²) in [7, 11) is -1.55. The van der Waals surface area contributed by atoms with Crippen LogP contribution in [0.5, 0.6) is 0 Å². The molecule has 0 aliphatic carbocycles. The van der Waals surface area contributed by atoms with Gasteiger partial charge >= 0.3 is 6.03 Å². The molecule has 2 heterocycles. The minimum Gasteiger partial charge on any atom is -0.385 e. The summed E-state index contributed by atoms with van der Waals surface area (Å²) in [6, 6.07) is 1.41. The molecule has 0 unspecified atom stereocenters. The maximum Gasteiger partial charge on any atom is 0.323 e. The number of nitrogens with zero attached hydrogens (tertiary/aromatic N) is 3. The number of aryl methyl sites for hydroxylation is 1. The number of ether oxygens (including phenoxy) is 1. The number of carbonyl (C=O) groups excluding carboxylic acids is 1. The highest BCUT2D eigenvalue weighted by Crippen LogP contribution is 2.25. The molecule has 136 valence electrons. The molecule has 0 saturated carbocycles. The van der Waals surface area contributed by atoms with Crippen LogP contribution in [-0.2, 0) is 21.1 Å². The highest BCUT2D eigenvalue weighted by molar-refractivity contribution is 7.92. The Labute approximate surface area is 143 Å². The van der Waals surface area contributed by atoms with Crippen molar-refractivity contribution in [2.45, 2.75) is 38.0 Å². The molecule has 1 aromatic heterocycles. The summed E-state index contributed by atoms with van der Waals surface area (Å²) in [5.74, 6) is 0.447. The van der Waals surface area contributed by atoms with E-state index in [1.165, 1.54) is 4.90 Å². The average molecular weight is 358 g/mol. The Morgan fingerprint density at radius 2 is 2.17 bits per heavy atom. The van der Waals surface area contributed by atoms with Crippen molar-refractivity contribution in [1.82, 2.24) is 14.7 Å². The van der Waals surface area contributed by atoms with Gasteiger partial charge in [-0.2, -0.15) is 5.10 Å². The van der Waals surface area contributed by atoms with E-state index in [1.807, 2.05) is 0 Å². The molecule has 0 radical (unpaired) electrons. The molecule has 1 saturated heterocycles. The van der Waals surface area contributed by atoms with Crippen molar-refractivity contribution in [1.29, 1.82) is 0 Å². The van der Waals surface area contributed by atoms with Gasteiger partial charge in [-0.3, -0.25) is 10.00 Å². The SMILES string of the molecule is COCCCn1ccc(NC(=O)N2CCC(C)(C)S(=O)(=O)CC2)n1. The van der Waals surface area contributed by atoms with Crippen molar-refractivity contribution in [2.75, 3.05) is 37.9 Å². The highest BCUT2D eigenvalue weighted by Gasteiger charge is 2.38. The maximum absolute atomic E-state index is 12.4. The molecule has 1 N–H and O–H groups in total. The fourth-order valence-corrected chi connectivity index (χ4v) is 3.91. The fourth-order valence-electron chi connectivity index (χ4n) is 2.49. The summed E-state index contributed by atoms with van der Waals surface area (Å²) >= 11 is 0. The van der Waals surface area contributed by atoms with Gasteiger partial charge in [-0.25, -0.2) is 13.2 Å². The molecule has 1 aliphatic rings. The first-order chi connectivity index (χ1) is 11.2. The van der Waals surface area contributed by atoms with Crippen LogP contribution >= 0.6 is 0 Å². The van der Waals surface area contributed by atoms with Gasteiger partial charge in [-0.1, -0.05) is 0 Å². The van der Waals surface area contributed by atoms with Crippen LogP contribution in [0.1, 0.15) is 26.7 Å². The first-order valence-corrected chi connectivity index (χ1v) is 9.71. The molecular formula is C15H26N4O4S. The zero-order valence-electron chi connectivity index (χ0n) is 14.5. The van der Waals surface area contributed by atoms with Crippen molar-refractivity contribution in [3.8, 4) is 0 Å². The molecule has 0 bridgehead atoms. The van der Waals surface area contributed by atoms with Gasteiger partial charge in [0, 0.05) is 45.6 Å². The van der Waals surface area contributed by atoms with Gasteiger partial charge in [-0.05, 0) is 26.7 Å². The van der Waals surface area contributed by atoms with Crippen molar-refractivity contribution in [2.24, 2.45) is 0 Å². The predicted octanol–water partition coefficient (Wildman–Crippen LogP) is 1.35. The summed E-state index contributed by atoms with van der Waals surface area (Å²) in [5, 5.41) is 7.02. The summed E-state index contributed by atoms with van der Waals surface area (Å²) in [4.78, 5) is 13.9. The van der Waals surface area contributed by atoms with Crippen molar-refractivity contribution in [3.05, 3.63) is 12.3 Å². The number of amides is 2. The number of aromatic nitrogens is 2. The molecule has 0 atom stereocenters. The van der Waals surface area contributed by atoms with Crippen LogP contribution in [0.4, 0.5) is 10.6 Å². The molecule has 8 nitrogen and oxygen atoms in total. The largest absolute Gasteiger partial charge is 0.385 e. The topological polar surface area (TPSA) is 93.5 Å². The number of hydrogen-bond donors (Lipinski definition) is 1. The predicted molar refractivity (Wildman–Crippen MR) is 91.8 cm³/mol. The van der Waals surface area contributed by atoms with Gasteiger partial charge in [0.25, 0.3) is 0 Å². The van der Waals surface area contributed by atoms with Crippen molar-refractivity contribution >= 4 is 21.7 Å². The minimum atomic E-state index is -3.20. The van der Waals surface area contributed by atoms with E-state index in [-0.39, 0.29) is 18.3 Å². The Morgan fingerprint density at radius 3 is 2.88 bits per heavy atom. The molecule has 0 spiro atoms. The average Bonchev–Trinajstić information content (AvgIpc) is 2.90. The van der Waals surface area contributed by atoms with Crippen LogP contribution in [0.25, 0.3) is 0 Å². The summed E-state index contributed by atoms with van der Waals surface area (Å²) in [5.41, 5.74) is 0. The van der Waals surface area contributed by atoms with E-state index in [4.69, 9.17) is 4.74 Å². The number of sulfone groups is 1. The van der Waals surface area contributed by atoms with E-state index >= 15 is 0 Å². The van der Waals surface area contributed by atoms with Gasteiger partial charge in [0.05, 0.1) is 10.5 Å². The Hall–Kier alpha value is -1.61. The molecule has 1 aromatic rings. The second-order valence-corrected chi connectivity index (χ2v) is 9.30. The van der Waals surface area contributed by atoms with Crippen LogP contribution in [0.15, 0.2) is 12.3 Å². The molecular weight excluding hydrogens is 332 g/mol. The van der Waals surface area contributed by atoms with E-state index in [0.717, 1.165) is 6.42 Å². The lowest BCUT2D eigenvalue weighted by atomic mass is 10.1. The number of nitrogens with one attached hydrogen (secondary N) is 1. The number of urea groups is 1. The lowest BCUT2D eigenvalue weighted by Crippen LogP contribution is -2.37. The van der Waals surface area contributed by atoms with Gasteiger partial charge in [-0.15, -0.1) is 0 Å².